The topological polar surface area (TPSA) is 46.5 Å². The van der Waals surface area contributed by atoms with Crippen molar-refractivity contribution in [2.24, 2.45) is 0 Å². The summed E-state index contributed by atoms with van der Waals surface area (Å²) < 4.78 is 42.8. The molecular weight excluding hydrogens is 237 g/mol. The molecule has 0 saturated heterocycles. The number of fused-ring (bicyclic) bond motifs is 1. The first kappa shape index (κ1) is 11.9. The van der Waals surface area contributed by atoms with Crippen molar-refractivity contribution in [1.29, 1.82) is 0 Å². The van der Waals surface area contributed by atoms with Gasteiger partial charge in [0.2, 0.25) is 0 Å². The van der Waals surface area contributed by atoms with Crippen molar-refractivity contribution < 1.29 is 27.8 Å². The summed E-state index contributed by atoms with van der Waals surface area (Å²) in [5.74, 6) is -1.90. The van der Waals surface area contributed by atoms with E-state index in [2.05, 4.69) is 4.74 Å². The van der Waals surface area contributed by atoms with Crippen molar-refractivity contribution in [2.45, 2.75) is 25.6 Å². The Morgan fingerprint density at radius 3 is 2.41 bits per heavy atom. The van der Waals surface area contributed by atoms with E-state index in [1.807, 2.05) is 0 Å². The second-order valence-corrected chi connectivity index (χ2v) is 3.98. The zero-order valence-corrected chi connectivity index (χ0v) is 9.05. The van der Waals surface area contributed by atoms with E-state index in [-0.39, 0.29) is 5.75 Å². The average molecular weight is 246 g/mol. The van der Waals surface area contributed by atoms with Crippen LogP contribution in [0.25, 0.3) is 0 Å². The Balaban J connectivity index is 2.72. The highest BCUT2D eigenvalue weighted by Gasteiger charge is 2.66. The summed E-state index contributed by atoms with van der Waals surface area (Å²) in [5, 5.41) is 9.56. The van der Waals surface area contributed by atoms with Crippen molar-refractivity contribution in [3.8, 4) is 5.75 Å². The molecule has 0 aliphatic carbocycles. The molecule has 1 heterocycles. The number of carbonyl (C=O) groups excluding carboxylic acids is 1. The maximum Gasteiger partial charge on any atom is 0.432 e. The lowest BCUT2D eigenvalue weighted by molar-refractivity contribution is -0.258. The first-order valence-electron chi connectivity index (χ1n) is 4.81. The molecule has 0 radical (unpaired) electrons. The number of aryl methyl sites for hydroxylation is 1. The largest absolute Gasteiger partial charge is 0.432 e. The van der Waals surface area contributed by atoms with E-state index in [0.717, 1.165) is 6.07 Å². The fraction of sp³-hybridized carbons (Fsp3) is 0.364. The van der Waals surface area contributed by atoms with E-state index in [1.54, 1.807) is 6.92 Å². The molecule has 1 aliphatic rings. The third-order valence-electron chi connectivity index (χ3n) is 2.97. The van der Waals surface area contributed by atoms with Crippen LogP contribution < -0.4 is 4.74 Å². The Hall–Kier alpha value is -1.56. The van der Waals surface area contributed by atoms with Gasteiger partial charge in [-0.05, 0) is 25.0 Å². The van der Waals surface area contributed by atoms with E-state index in [4.69, 9.17) is 0 Å². The van der Waals surface area contributed by atoms with Gasteiger partial charge in [0.15, 0.2) is 0 Å². The van der Waals surface area contributed by atoms with Crippen LogP contribution in [0.5, 0.6) is 5.75 Å². The maximum absolute atomic E-state index is 12.8. The molecule has 1 atom stereocenters. The SMILES string of the molecule is Cc1ccc2c(c1C)OC(=O)[C@]2(O)C(F)(F)F. The minimum absolute atomic E-state index is 0.199. The van der Waals surface area contributed by atoms with Gasteiger partial charge in [-0.2, -0.15) is 13.2 Å². The summed E-state index contributed by atoms with van der Waals surface area (Å²) in [6.07, 6.45) is -5.10. The molecule has 1 aromatic carbocycles. The fourth-order valence-electron chi connectivity index (χ4n) is 1.75. The second-order valence-electron chi connectivity index (χ2n) is 3.98. The lowest BCUT2D eigenvalue weighted by Gasteiger charge is -2.22. The van der Waals surface area contributed by atoms with E-state index in [9.17, 15) is 23.1 Å². The monoisotopic (exact) mass is 246 g/mol. The molecule has 1 aromatic rings. The Morgan fingerprint density at radius 2 is 1.88 bits per heavy atom. The van der Waals surface area contributed by atoms with Crippen LogP contribution in [0.3, 0.4) is 0 Å². The van der Waals surface area contributed by atoms with E-state index >= 15 is 0 Å². The molecule has 6 heteroatoms. The molecule has 0 fully saturated rings. The van der Waals surface area contributed by atoms with Crippen LogP contribution in [0.2, 0.25) is 0 Å². The predicted octanol–water partition coefficient (Wildman–Crippen LogP) is 1.97. The molecule has 3 nitrogen and oxygen atoms in total. The minimum atomic E-state index is -5.10. The minimum Gasteiger partial charge on any atom is -0.423 e. The smallest absolute Gasteiger partial charge is 0.423 e. The number of aliphatic hydroxyl groups is 1. The van der Waals surface area contributed by atoms with E-state index in [1.165, 1.54) is 13.0 Å². The van der Waals surface area contributed by atoms with Crippen LogP contribution in [0.4, 0.5) is 13.2 Å². The Bertz CT molecular complexity index is 507. The summed E-state index contributed by atoms with van der Waals surface area (Å²) in [5.41, 5.74) is -3.00. The first-order valence-corrected chi connectivity index (χ1v) is 4.81. The van der Waals surface area contributed by atoms with Crippen LogP contribution >= 0.6 is 0 Å². The molecule has 0 amide bonds. The molecule has 92 valence electrons. The van der Waals surface area contributed by atoms with Crippen molar-refractivity contribution >= 4 is 5.97 Å². The molecular formula is C11H9F3O3. The molecule has 17 heavy (non-hydrogen) atoms. The van der Waals surface area contributed by atoms with Gasteiger partial charge in [0.1, 0.15) is 5.75 Å². The predicted molar refractivity (Wildman–Crippen MR) is 51.5 cm³/mol. The van der Waals surface area contributed by atoms with Crippen molar-refractivity contribution in [3.05, 3.63) is 28.8 Å². The fourth-order valence-corrected chi connectivity index (χ4v) is 1.75. The van der Waals surface area contributed by atoms with Gasteiger partial charge in [-0.15, -0.1) is 0 Å². The van der Waals surface area contributed by atoms with Gasteiger partial charge in [-0.3, -0.25) is 0 Å². The number of rotatable bonds is 0. The number of esters is 1. The number of alkyl halides is 3. The van der Waals surface area contributed by atoms with Crippen LogP contribution in [-0.4, -0.2) is 17.3 Å². The van der Waals surface area contributed by atoms with Crippen molar-refractivity contribution in [1.82, 2.24) is 0 Å². The number of carbonyl (C=O) groups is 1. The normalized spacial score (nSPS) is 23.5. The summed E-state index contributed by atoms with van der Waals surface area (Å²) in [4.78, 5) is 11.3. The molecule has 2 rings (SSSR count). The molecule has 0 spiro atoms. The van der Waals surface area contributed by atoms with Crippen LogP contribution in [-0.2, 0) is 10.4 Å². The molecule has 0 unspecified atom stereocenters. The number of hydrogen-bond acceptors (Lipinski definition) is 3. The second kappa shape index (κ2) is 3.22. The van der Waals surface area contributed by atoms with Gasteiger partial charge in [0.05, 0.1) is 0 Å². The van der Waals surface area contributed by atoms with E-state index < -0.39 is 23.3 Å². The van der Waals surface area contributed by atoms with Gasteiger partial charge in [0, 0.05) is 5.56 Å². The Morgan fingerprint density at radius 1 is 1.29 bits per heavy atom. The van der Waals surface area contributed by atoms with Crippen molar-refractivity contribution in [3.63, 3.8) is 0 Å². The first-order chi connectivity index (χ1) is 7.69. The third-order valence-corrected chi connectivity index (χ3v) is 2.97. The highest BCUT2D eigenvalue weighted by molar-refractivity contribution is 5.90. The molecule has 1 aliphatic heterocycles. The maximum atomic E-state index is 12.8. The van der Waals surface area contributed by atoms with Gasteiger partial charge in [0.25, 0.3) is 5.60 Å². The number of hydrogen-bond donors (Lipinski definition) is 1. The zero-order chi connectivity index (χ0) is 13.0. The summed E-state index contributed by atoms with van der Waals surface area (Å²) in [6, 6.07) is 2.48. The Kier molecular flexibility index (Phi) is 2.26. The van der Waals surface area contributed by atoms with E-state index in [0.29, 0.717) is 11.1 Å². The standard InChI is InChI=1S/C11H9F3O3/c1-5-3-4-7-8(6(5)2)17-9(15)10(7,16)11(12,13)14/h3-4,16H,1-2H3/t10-/m0/s1. The van der Waals surface area contributed by atoms with Gasteiger partial charge in [-0.25, -0.2) is 4.79 Å². The van der Waals surface area contributed by atoms with Crippen LogP contribution in [0, 0.1) is 13.8 Å². The quantitative estimate of drug-likeness (QED) is 0.562. The summed E-state index contributed by atoms with van der Waals surface area (Å²) >= 11 is 0. The molecule has 1 N–H and O–H groups in total. The van der Waals surface area contributed by atoms with Crippen LogP contribution in [0.15, 0.2) is 12.1 Å². The number of benzene rings is 1. The summed E-state index contributed by atoms with van der Waals surface area (Å²) in [6.45, 7) is 3.21. The number of ether oxygens (including phenoxy) is 1. The third kappa shape index (κ3) is 1.37. The van der Waals surface area contributed by atoms with Crippen LogP contribution in [0.1, 0.15) is 16.7 Å². The lowest BCUT2D eigenvalue weighted by Crippen LogP contribution is -2.47. The highest BCUT2D eigenvalue weighted by atomic mass is 19.4. The molecule has 0 bridgehead atoms. The van der Waals surface area contributed by atoms with Gasteiger partial charge in [-0.1, -0.05) is 12.1 Å². The lowest BCUT2D eigenvalue weighted by atomic mass is 9.92. The van der Waals surface area contributed by atoms with Gasteiger partial charge < -0.3 is 9.84 Å². The molecule has 0 saturated carbocycles. The zero-order valence-electron chi connectivity index (χ0n) is 9.05. The summed E-state index contributed by atoms with van der Waals surface area (Å²) in [7, 11) is 0. The number of halogens is 3. The molecule has 0 aromatic heterocycles. The average Bonchev–Trinajstić information content (AvgIpc) is 2.47. The highest BCUT2D eigenvalue weighted by Crippen LogP contribution is 2.49. The van der Waals surface area contributed by atoms with Crippen molar-refractivity contribution in [2.75, 3.05) is 0 Å². The van der Waals surface area contributed by atoms with Gasteiger partial charge >= 0.3 is 12.1 Å². The Labute approximate surface area is 94.8 Å².